The van der Waals surface area contributed by atoms with Crippen molar-refractivity contribution in [2.75, 3.05) is 6.54 Å². The average Bonchev–Trinajstić information content (AvgIpc) is 2.03. The smallest absolute Gasteiger partial charge is 0.0250 e. The van der Waals surface area contributed by atoms with Crippen LogP contribution < -0.4 is 5.32 Å². The molecule has 0 saturated heterocycles. The molecule has 1 N–H and O–H groups in total. The lowest BCUT2D eigenvalue weighted by molar-refractivity contribution is 0.522. The van der Waals surface area contributed by atoms with Crippen molar-refractivity contribution in [3.63, 3.8) is 0 Å². The summed E-state index contributed by atoms with van der Waals surface area (Å²) in [7, 11) is 0. The van der Waals surface area contributed by atoms with Gasteiger partial charge in [-0.05, 0) is 19.4 Å². The normalized spacial score (nSPS) is 25.1. The van der Waals surface area contributed by atoms with Crippen molar-refractivity contribution in [1.82, 2.24) is 5.32 Å². The second-order valence-corrected chi connectivity index (χ2v) is 2.92. The number of rotatable bonds is 3. The standard InChI is InChI=1S/C9H17N/c1-2-3-6-9-7-4-5-8-10-9/h4,7,9-10H,2-3,5-6,8H2,1H3. The van der Waals surface area contributed by atoms with E-state index in [4.69, 9.17) is 0 Å². The predicted molar refractivity (Wildman–Crippen MR) is 45.1 cm³/mol. The third-order valence-electron chi connectivity index (χ3n) is 1.95. The molecule has 0 spiro atoms. The van der Waals surface area contributed by atoms with Gasteiger partial charge < -0.3 is 5.32 Å². The summed E-state index contributed by atoms with van der Waals surface area (Å²) >= 11 is 0. The van der Waals surface area contributed by atoms with Gasteiger partial charge in [-0.2, -0.15) is 0 Å². The van der Waals surface area contributed by atoms with Crippen molar-refractivity contribution in [1.29, 1.82) is 0 Å². The van der Waals surface area contributed by atoms with Crippen molar-refractivity contribution in [2.24, 2.45) is 0 Å². The van der Waals surface area contributed by atoms with E-state index in [1.807, 2.05) is 0 Å². The fourth-order valence-electron chi connectivity index (χ4n) is 1.30. The van der Waals surface area contributed by atoms with Crippen LogP contribution in [0.5, 0.6) is 0 Å². The van der Waals surface area contributed by atoms with Gasteiger partial charge >= 0.3 is 0 Å². The zero-order chi connectivity index (χ0) is 7.23. The molecule has 58 valence electrons. The van der Waals surface area contributed by atoms with Crippen LogP contribution in [0.15, 0.2) is 12.2 Å². The van der Waals surface area contributed by atoms with Gasteiger partial charge in [0.05, 0.1) is 0 Å². The molecule has 0 amide bonds. The van der Waals surface area contributed by atoms with Gasteiger partial charge in [0.1, 0.15) is 0 Å². The Labute approximate surface area is 63.5 Å². The van der Waals surface area contributed by atoms with Crippen molar-refractivity contribution in [3.05, 3.63) is 12.2 Å². The Morgan fingerprint density at radius 2 is 2.50 bits per heavy atom. The van der Waals surface area contributed by atoms with Crippen LogP contribution in [0.2, 0.25) is 0 Å². The van der Waals surface area contributed by atoms with Gasteiger partial charge in [-0.25, -0.2) is 0 Å². The van der Waals surface area contributed by atoms with Gasteiger partial charge in [-0.1, -0.05) is 31.9 Å². The highest BCUT2D eigenvalue weighted by Crippen LogP contribution is 2.05. The van der Waals surface area contributed by atoms with Crippen LogP contribution in [0.3, 0.4) is 0 Å². The first-order valence-electron chi connectivity index (χ1n) is 4.33. The zero-order valence-corrected chi connectivity index (χ0v) is 6.77. The van der Waals surface area contributed by atoms with E-state index in [1.165, 1.54) is 32.2 Å². The number of nitrogens with one attached hydrogen (secondary N) is 1. The van der Waals surface area contributed by atoms with Crippen molar-refractivity contribution >= 4 is 0 Å². The Balaban J connectivity index is 2.13. The van der Waals surface area contributed by atoms with Gasteiger partial charge in [0.25, 0.3) is 0 Å². The molecule has 1 heteroatoms. The van der Waals surface area contributed by atoms with E-state index < -0.39 is 0 Å². The molecule has 1 atom stereocenters. The van der Waals surface area contributed by atoms with Crippen LogP contribution in [-0.2, 0) is 0 Å². The lowest BCUT2D eigenvalue weighted by atomic mass is 10.1. The topological polar surface area (TPSA) is 12.0 Å². The van der Waals surface area contributed by atoms with E-state index in [9.17, 15) is 0 Å². The highest BCUT2D eigenvalue weighted by atomic mass is 14.9. The van der Waals surface area contributed by atoms with Crippen LogP contribution >= 0.6 is 0 Å². The molecule has 0 bridgehead atoms. The molecule has 10 heavy (non-hydrogen) atoms. The Morgan fingerprint density at radius 1 is 1.60 bits per heavy atom. The Kier molecular flexibility index (Phi) is 3.52. The molecule has 1 aliphatic heterocycles. The fourth-order valence-corrected chi connectivity index (χ4v) is 1.30. The SMILES string of the molecule is CCCCC1C=CCCN1. The molecule has 1 rings (SSSR count). The molecule has 0 fully saturated rings. The summed E-state index contributed by atoms with van der Waals surface area (Å²) in [4.78, 5) is 0. The van der Waals surface area contributed by atoms with Crippen LogP contribution in [0, 0.1) is 0 Å². The monoisotopic (exact) mass is 139 g/mol. The van der Waals surface area contributed by atoms with E-state index in [0.717, 1.165) is 0 Å². The molecule has 1 aliphatic rings. The van der Waals surface area contributed by atoms with Crippen LogP contribution in [0.25, 0.3) is 0 Å². The highest BCUT2D eigenvalue weighted by Gasteiger charge is 2.04. The summed E-state index contributed by atoms with van der Waals surface area (Å²) in [6.07, 6.45) is 9.78. The van der Waals surface area contributed by atoms with Crippen molar-refractivity contribution in [3.8, 4) is 0 Å². The first kappa shape index (κ1) is 7.80. The third-order valence-corrected chi connectivity index (χ3v) is 1.95. The van der Waals surface area contributed by atoms with Gasteiger partial charge in [-0.3, -0.25) is 0 Å². The first-order chi connectivity index (χ1) is 4.93. The molecule has 0 saturated carbocycles. The average molecular weight is 139 g/mol. The van der Waals surface area contributed by atoms with E-state index in [2.05, 4.69) is 24.4 Å². The molecule has 0 radical (unpaired) electrons. The predicted octanol–water partition coefficient (Wildman–Crippen LogP) is 2.09. The Bertz CT molecular complexity index is 107. The van der Waals surface area contributed by atoms with E-state index in [-0.39, 0.29) is 0 Å². The van der Waals surface area contributed by atoms with Crippen LogP contribution in [0.4, 0.5) is 0 Å². The number of hydrogen-bond donors (Lipinski definition) is 1. The molecule has 1 nitrogen and oxygen atoms in total. The molecule has 1 unspecified atom stereocenters. The Morgan fingerprint density at radius 3 is 3.10 bits per heavy atom. The molecule has 0 aromatic carbocycles. The third kappa shape index (κ3) is 2.53. The zero-order valence-electron chi connectivity index (χ0n) is 6.77. The van der Waals surface area contributed by atoms with Crippen LogP contribution in [-0.4, -0.2) is 12.6 Å². The van der Waals surface area contributed by atoms with Crippen LogP contribution in [0.1, 0.15) is 32.6 Å². The lowest BCUT2D eigenvalue weighted by Gasteiger charge is -2.17. The number of unbranched alkanes of at least 4 members (excludes halogenated alkanes) is 1. The maximum Gasteiger partial charge on any atom is 0.0250 e. The van der Waals surface area contributed by atoms with Gasteiger partial charge in [-0.15, -0.1) is 0 Å². The highest BCUT2D eigenvalue weighted by molar-refractivity contribution is 4.97. The summed E-state index contributed by atoms with van der Waals surface area (Å²) < 4.78 is 0. The fraction of sp³-hybridized carbons (Fsp3) is 0.778. The summed E-state index contributed by atoms with van der Waals surface area (Å²) in [5.41, 5.74) is 0. The quantitative estimate of drug-likeness (QED) is 0.590. The molecular formula is C9H17N. The first-order valence-corrected chi connectivity index (χ1v) is 4.33. The molecule has 0 aromatic heterocycles. The number of hydrogen-bond acceptors (Lipinski definition) is 1. The van der Waals surface area contributed by atoms with Crippen molar-refractivity contribution < 1.29 is 0 Å². The summed E-state index contributed by atoms with van der Waals surface area (Å²) in [6.45, 7) is 3.41. The minimum Gasteiger partial charge on any atom is -0.310 e. The molecule has 0 aliphatic carbocycles. The molecule has 0 aromatic rings. The van der Waals surface area contributed by atoms with Crippen molar-refractivity contribution in [2.45, 2.75) is 38.6 Å². The molecular weight excluding hydrogens is 122 g/mol. The van der Waals surface area contributed by atoms with E-state index in [1.54, 1.807) is 0 Å². The lowest BCUT2D eigenvalue weighted by Crippen LogP contribution is -2.30. The molecule has 1 heterocycles. The summed E-state index contributed by atoms with van der Waals surface area (Å²) in [5, 5.41) is 3.47. The van der Waals surface area contributed by atoms with Gasteiger partial charge in [0.2, 0.25) is 0 Å². The second-order valence-electron chi connectivity index (χ2n) is 2.92. The minimum atomic E-state index is 0.675. The van der Waals surface area contributed by atoms with E-state index >= 15 is 0 Å². The van der Waals surface area contributed by atoms with Gasteiger partial charge in [0.15, 0.2) is 0 Å². The summed E-state index contributed by atoms with van der Waals surface area (Å²) in [5.74, 6) is 0. The second kappa shape index (κ2) is 4.51. The van der Waals surface area contributed by atoms with Gasteiger partial charge in [0, 0.05) is 6.04 Å². The maximum atomic E-state index is 3.47. The largest absolute Gasteiger partial charge is 0.310 e. The minimum absolute atomic E-state index is 0.675. The van der Waals surface area contributed by atoms with E-state index in [0.29, 0.717) is 6.04 Å². The maximum absolute atomic E-state index is 3.47. The Hall–Kier alpha value is -0.300. The summed E-state index contributed by atoms with van der Waals surface area (Å²) in [6, 6.07) is 0.675.